The molecule has 0 aliphatic carbocycles. The predicted octanol–water partition coefficient (Wildman–Crippen LogP) is 3.53. The van der Waals surface area contributed by atoms with E-state index in [4.69, 9.17) is 9.78 Å². The van der Waals surface area contributed by atoms with Crippen molar-refractivity contribution in [1.29, 1.82) is 5.26 Å². The van der Waals surface area contributed by atoms with Gasteiger partial charge in [-0.2, -0.15) is 10.2 Å². The Labute approximate surface area is 187 Å². The Bertz CT molecular complexity index is 1090. The first kappa shape index (κ1) is 21.1. The molecule has 10 heteroatoms. The van der Waals surface area contributed by atoms with Gasteiger partial charge < -0.3 is 14.7 Å². The maximum Gasteiger partial charge on any atom is 0.248 e. The molecule has 1 unspecified atom stereocenters. The van der Waals surface area contributed by atoms with Crippen LogP contribution in [0.5, 0.6) is 0 Å². The third-order valence-electron chi connectivity index (χ3n) is 4.78. The van der Waals surface area contributed by atoms with Crippen molar-refractivity contribution in [1.82, 2.24) is 15.0 Å². The number of carbonyl (C=O) groups excluding carboxylic acids is 2. The van der Waals surface area contributed by atoms with E-state index >= 15 is 0 Å². The van der Waals surface area contributed by atoms with Gasteiger partial charge in [0.1, 0.15) is 6.04 Å². The van der Waals surface area contributed by atoms with Crippen molar-refractivity contribution in [3.05, 3.63) is 53.2 Å². The second-order valence-electron chi connectivity index (χ2n) is 6.90. The summed E-state index contributed by atoms with van der Waals surface area (Å²) in [6.45, 7) is 0. The molecule has 0 bridgehead atoms. The van der Waals surface area contributed by atoms with Gasteiger partial charge in [-0.25, -0.2) is 0 Å². The van der Waals surface area contributed by atoms with Crippen LogP contribution in [0.3, 0.4) is 0 Å². The lowest BCUT2D eigenvalue weighted by molar-refractivity contribution is -0.136. The molecule has 4 rings (SSSR count). The van der Waals surface area contributed by atoms with Crippen molar-refractivity contribution < 1.29 is 14.1 Å². The van der Waals surface area contributed by atoms with Gasteiger partial charge in [0.05, 0.1) is 22.4 Å². The summed E-state index contributed by atoms with van der Waals surface area (Å²) in [5.74, 6) is 1.83. The monoisotopic (exact) mass is 453 g/mol. The van der Waals surface area contributed by atoms with Gasteiger partial charge >= 0.3 is 0 Å². The van der Waals surface area contributed by atoms with E-state index in [-0.39, 0.29) is 11.8 Å². The third-order valence-corrected chi connectivity index (χ3v) is 6.66. The van der Waals surface area contributed by atoms with Crippen LogP contribution in [0.2, 0.25) is 0 Å². The quantitative estimate of drug-likeness (QED) is 0.582. The number of aryl methyl sites for hydroxylation is 1. The summed E-state index contributed by atoms with van der Waals surface area (Å²) < 4.78 is 5.27. The van der Waals surface area contributed by atoms with Gasteiger partial charge in [0.25, 0.3) is 0 Å². The average Bonchev–Trinajstić information content (AvgIpc) is 3.55. The second kappa shape index (κ2) is 9.76. The number of carbonyl (C=O) groups is 2. The summed E-state index contributed by atoms with van der Waals surface area (Å²) in [5, 5.41) is 17.6. The number of thiophene rings is 1. The number of nitrogens with zero attached hydrogens (tertiary/aromatic N) is 4. The Morgan fingerprint density at radius 1 is 1.29 bits per heavy atom. The van der Waals surface area contributed by atoms with Gasteiger partial charge in [-0.15, -0.1) is 23.1 Å². The van der Waals surface area contributed by atoms with Crippen LogP contribution >= 0.6 is 23.1 Å². The van der Waals surface area contributed by atoms with E-state index in [1.165, 1.54) is 11.3 Å². The SMILES string of the molecule is N#Cc1ccc(NC(=O)C2CSCN2C(=O)CCCc2nc(-c3cccs3)no2)cc1. The number of nitriles is 1. The molecule has 0 radical (unpaired) electrons. The average molecular weight is 454 g/mol. The highest BCUT2D eigenvalue weighted by Crippen LogP contribution is 2.24. The van der Waals surface area contributed by atoms with Crippen molar-refractivity contribution in [2.24, 2.45) is 0 Å². The van der Waals surface area contributed by atoms with Crippen molar-refractivity contribution in [2.45, 2.75) is 25.3 Å². The van der Waals surface area contributed by atoms with Crippen LogP contribution < -0.4 is 5.32 Å². The Balaban J connectivity index is 1.28. The predicted molar refractivity (Wildman–Crippen MR) is 118 cm³/mol. The third kappa shape index (κ3) is 5.13. The fourth-order valence-corrected chi connectivity index (χ4v) is 4.99. The van der Waals surface area contributed by atoms with Crippen LogP contribution in [-0.2, 0) is 16.0 Å². The molecule has 1 aliphatic heterocycles. The zero-order chi connectivity index (χ0) is 21.6. The van der Waals surface area contributed by atoms with Crippen molar-refractivity contribution in [3.63, 3.8) is 0 Å². The summed E-state index contributed by atoms with van der Waals surface area (Å²) in [6.07, 6.45) is 1.38. The van der Waals surface area contributed by atoms with E-state index in [0.29, 0.717) is 53.9 Å². The minimum atomic E-state index is -0.512. The molecule has 2 amide bonds. The number of rotatable bonds is 7. The smallest absolute Gasteiger partial charge is 0.248 e. The van der Waals surface area contributed by atoms with E-state index in [9.17, 15) is 9.59 Å². The van der Waals surface area contributed by atoms with Crippen LogP contribution in [-0.4, -0.2) is 44.5 Å². The van der Waals surface area contributed by atoms with Crippen LogP contribution in [0.1, 0.15) is 24.3 Å². The first-order chi connectivity index (χ1) is 15.1. The van der Waals surface area contributed by atoms with Crippen molar-refractivity contribution in [3.8, 4) is 16.8 Å². The molecule has 0 saturated carbocycles. The molecule has 31 heavy (non-hydrogen) atoms. The number of hydrogen-bond acceptors (Lipinski definition) is 8. The molecule has 158 valence electrons. The maximum atomic E-state index is 12.7. The Morgan fingerprint density at radius 2 is 2.13 bits per heavy atom. The highest BCUT2D eigenvalue weighted by molar-refractivity contribution is 7.99. The number of anilines is 1. The lowest BCUT2D eigenvalue weighted by atomic mass is 10.2. The molecule has 3 aromatic rings. The fraction of sp³-hybridized carbons (Fsp3) is 0.286. The number of amides is 2. The molecular weight excluding hydrogens is 434 g/mol. The highest BCUT2D eigenvalue weighted by atomic mass is 32.2. The molecule has 1 aliphatic rings. The standard InChI is InChI=1S/C21H19N5O3S2/c22-11-14-6-8-15(9-7-14)23-21(28)16-12-30-13-26(16)19(27)5-1-4-18-24-20(25-29-18)17-3-2-10-31-17/h2-3,6-10,16H,1,4-5,12-13H2,(H,23,28). The summed E-state index contributed by atoms with van der Waals surface area (Å²) in [7, 11) is 0. The van der Waals surface area contributed by atoms with E-state index in [1.807, 2.05) is 23.6 Å². The van der Waals surface area contributed by atoms with Gasteiger partial charge in [0.15, 0.2) is 0 Å². The minimum Gasteiger partial charge on any atom is -0.339 e. The summed E-state index contributed by atoms with van der Waals surface area (Å²) in [6, 6.07) is 12.0. The lowest BCUT2D eigenvalue weighted by Crippen LogP contribution is -2.44. The maximum absolute atomic E-state index is 12.7. The zero-order valence-corrected chi connectivity index (χ0v) is 18.1. The largest absolute Gasteiger partial charge is 0.339 e. The molecule has 3 heterocycles. The second-order valence-corrected chi connectivity index (χ2v) is 8.85. The number of hydrogen-bond donors (Lipinski definition) is 1. The Morgan fingerprint density at radius 3 is 2.87 bits per heavy atom. The van der Waals surface area contributed by atoms with Gasteiger partial charge in [-0.3, -0.25) is 9.59 Å². The fourth-order valence-electron chi connectivity index (χ4n) is 3.16. The number of nitrogens with one attached hydrogen (secondary N) is 1. The van der Waals surface area contributed by atoms with Gasteiger partial charge in [0.2, 0.25) is 23.5 Å². The number of thioether (sulfide) groups is 1. The Kier molecular flexibility index (Phi) is 6.64. The van der Waals surface area contributed by atoms with Crippen LogP contribution in [0.4, 0.5) is 5.69 Å². The highest BCUT2D eigenvalue weighted by Gasteiger charge is 2.34. The van der Waals surface area contributed by atoms with E-state index in [2.05, 4.69) is 15.5 Å². The summed E-state index contributed by atoms with van der Waals surface area (Å²) in [5.41, 5.74) is 1.13. The number of aromatic nitrogens is 2. The molecule has 1 fully saturated rings. The normalized spacial score (nSPS) is 15.6. The van der Waals surface area contributed by atoms with Gasteiger partial charge in [-0.1, -0.05) is 11.2 Å². The van der Waals surface area contributed by atoms with E-state index < -0.39 is 6.04 Å². The molecule has 1 atom stereocenters. The first-order valence-corrected chi connectivity index (χ1v) is 11.7. The van der Waals surface area contributed by atoms with Gasteiger partial charge in [0, 0.05) is 24.3 Å². The summed E-state index contributed by atoms with van der Waals surface area (Å²) in [4.78, 5) is 32.3. The van der Waals surface area contributed by atoms with E-state index in [0.717, 1.165) is 4.88 Å². The van der Waals surface area contributed by atoms with Crippen molar-refractivity contribution >= 4 is 40.6 Å². The van der Waals surface area contributed by atoms with Gasteiger partial charge in [-0.05, 0) is 42.1 Å². The molecule has 1 saturated heterocycles. The van der Waals surface area contributed by atoms with Crippen molar-refractivity contribution in [2.75, 3.05) is 16.9 Å². The van der Waals surface area contributed by atoms with Crippen LogP contribution in [0, 0.1) is 11.3 Å². The molecule has 2 aromatic heterocycles. The minimum absolute atomic E-state index is 0.0667. The molecule has 8 nitrogen and oxygen atoms in total. The lowest BCUT2D eigenvalue weighted by Gasteiger charge is -2.23. The Hall–Kier alpha value is -3.16. The zero-order valence-electron chi connectivity index (χ0n) is 16.5. The first-order valence-electron chi connectivity index (χ1n) is 9.69. The molecule has 1 N–H and O–H groups in total. The number of benzene rings is 1. The molecule has 1 aromatic carbocycles. The molecular formula is C21H19N5O3S2. The van der Waals surface area contributed by atoms with Crippen LogP contribution in [0.25, 0.3) is 10.7 Å². The summed E-state index contributed by atoms with van der Waals surface area (Å²) >= 11 is 3.10. The topological polar surface area (TPSA) is 112 Å². The molecule has 0 spiro atoms. The van der Waals surface area contributed by atoms with E-state index in [1.54, 1.807) is 40.9 Å². The van der Waals surface area contributed by atoms with Crippen LogP contribution in [0.15, 0.2) is 46.3 Å².